The number of methoxy groups -OCH3 is 1. The van der Waals surface area contributed by atoms with E-state index in [1.54, 1.807) is 0 Å². The van der Waals surface area contributed by atoms with Crippen molar-refractivity contribution in [2.45, 2.75) is 37.1 Å². The fraction of sp³-hybridized carbons (Fsp3) is 0.421. The summed E-state index contributed by atoms with van der Waals surface area (Å²) in [6.45, 7) is 0. The predicted octanol–water partition coefficient (Wildman–Crippen LogP) is 3.94. The summed E-state index contributed by atoms with van der Waals surface area (Å²) in [6.07, 6.45) is -3.87. The standard InChI is InChI=1S/C19H18F3N3O3S/c1-28-16(26)15-10-29-17(23-15)25-18(27,19(20,21)22)13-9-12(7-8-14(13)24-25)11-5-3-2-4-6-11/h2-6,10,12-13,27H,7-9H2,1H3/t12-,13+,18+/m1/s1. The molecule has 0 bridgehead atoms. The number of hydrogen-bond donors (Lipinski definition) is 1. The number of hydrogen-bond acceptors (Lipinski definition) is 7. The van der Waals surface area contributed by atoms with Gasteiger partial charge in [-0.2, -0.15) is 23.3 Å². The zero-order valence-corrected chi connectivity index (χ0v) is 16.2. The Morgan fingerprint density at radius 1 is 1.34 bits per heavy atom. The molecule has 10 heteroatoms. The van der Waals surface area contributed by atoms with Crippen molar-refractivity contribution in [2.75, 3.05) is 12.1 Å². The molecule has 1 fully saturated rings. The number of halogens is 3. The molecule has 2 aromatic rings. The van der Waals surface area contributed by atoms with Crippen molar-refractivity contribution in [1.82, 2.24) is 4.98 Å². The number of rotatable bonds is 3. The lowest BCUT2D eigenvalue weighted by Gasteiger charge is -2.39. The molecular weight excluding hydrogens is 407 g/mol. The van der Waals surface area contributed by atoms with Crippen LogP contribution in [0.5, 0.6) is 0 Å². The molecule has 0 unspecified atom stereocenters. The summed E-state index contributed by atoms with van der Waals surface area (Å²) in [4.78, 5) is 15.5. The van der Waals surface area contributed by atoms with Crippen molar-refractivity contribution in [2.24, 2.45) is 11.0 Å². The summed E-state index contributed by atoms with van der Waals surface area (Å²) in [5, 5.41) is 16.6. The zero-order chi connectivity index (χ0) is 20.8. The first-order valence-corrected chi connectivity index (χ1v) is 9.89. The summed E-state index contributed by atoms with van der Waals surface area (Å²) in [5.74, 6) is -2.10. The highest BCUT2D eigenvalue weighted by Gasteiger charge is 2.68. The second-order valence-electron chi connectivity index (χ2n) is 7.07. The van der Waals surface area contributed by atoms with Crippen LogP contribution in [-0.2, 0) is 4.74 Å². The van der Waals surface area contributed by atoms with Crippen LogP contribution in [0, 0.1) is 5.92 Å². The molecule has 0 radical (unpaired) electrons. The molecule has 0 spiro atoms. The number of hydrazone groups is 1. The Bertz CT molecular complexity index is 947. The third-order valence-electron chi connectivity index (χ3n) is 5.46. The van der Waals surface area contributed by atoms with E-state index in [4.69, 9.17) is 0 Å². The number of aromatic nitrogens is 1. The van der Waals surface area contributed by atoms with Gasteiger partial charge in [0.15, 0.2) is 5.69 Å². The second kappa shape index (κ2) is 7.10. The highest BCUT2D eigenvalue weighted by atomic mass is 32.1. The fourth-order valence-corrected chi connectivity index (χ4v) is 4.79. The first kappa shape index (κ1) is 19.8. The van der Waals surface area contributed by atoms with Crippen LogP contribution in [0.15, 0.2) is 40.8 Å². The lowest BCUT2D eigenvalue weighted by atomic mass is 9.73. The van der Waals surface area contributed by atoms with Crippen LogP contribution in [0.25, 0.3) is 0 Å². The number of esters is 1. The molecular formula is C19H18F3N3O3S. The summed E-state index contributed by atoms with van der Waals surface area (Å²) in [7, 11) is 1.15. The molecule has 1 aromatic heterocycles. The quantitative estimate of drug-likeness (QED) is 0.754. The van der Waals surface area contributed by atoms with Crippen molar-refractivity contribution in [1.29, 1.82) is 0 Å². The molecule has 3 atom stereocenters. The van der Waals surface area contributed by atoms with Crippen LogP contribution in [0.3, 0.4) is 0 Å². The van der Waals surface area contributed by atoms with Crippen LogP contribution >= 0.6 is 11.3 Å². The maximum atomic E-state index is 14.1. The van der Waals surface area contributed by atoms with Gasteiger partial charge in [0.05, 0.1) is 13.0 Å². The van der Waals surface area contributed by atoms with Gasteiger partial charge in [-0.25, -0.2) is 9.78 Å². The molecule has 4 rings (SSSR count). The maximum Gasteiger partial charge on any atom is 0.439 e. The van der Waals surface area contributed by atoms with Crippen molar-refractivity contribution in [3.05, 3.63) is 47.0 Å². The molecule has 1 saturated carbocycles. The van der Waals surface area contributed by atoms with Crippen LogP contribution in [0.1, 0.15) is 41.2 Å². The Kier molecular flexibility index (Phi) is 4.86. The molecule has 1 aliphatic carbocycles. The van der Waals surface area contributed by atoms with Crippen molar-refractivity contribution >= 4 is 28.1 Å². The van der Waals surface area contributed by atoms with Gasteiger partial charge in [-0.3, -0.25) is 0 Å². The van der Waals surface area contributed by atoms with Gasteiger partial charge in [0.1, 0.15) is 0 Å². The minimum atomic E-state index is -4.97. The molecule has 1 aliphatic heterocycles. The average Bonchev–Trinajstić information content (AvgIpc) is 3.31. The van der Waals surface area contributed by atoms with E-state index in [2.05, 4.69) is 14.8 Å². The highest BCUT2D eigenvalue weighted by molar-refractivity contribution is 7.14. The van der Waals surface area contributed by atoms with Gasteiger partial charge in [0.25, 0.3) is 5.72 Å². The lowest BCUT2D eigenvalue weighted by Crippen LogP contribution is -2.60. The van der Waals surface area contributed by atoms with Gasteiger partial charge in [-0.05, 0) is 30.7 Å². The first-order valence-electron chi connectivity index (χ1n) is 9.01. The number of aliphatic hydroxyl groups is 1. The van der Waals surface area contributed by atoms with Crippen LogP contribution < -0.4 is 5.01 Å². The number of nitrogens with zero attached hydrogens (tertiary/aromatic N) is 3. The van der Waals surface area contributed by atoms with Gasteiger partial charge in [-0.1, -0.05) is 30.3 Å². The van der Waals surface area contributed by atoms with Crippen molar-refractivity contribution < 1.29 is 27.8 Å². The molecule has 6 nitrogen and oxygen atoms in total. The average molecular weight is 425 g/mol. The van der Waals surface area contributed by atoms with Crippen LogP contribution in [-0.4, -0.2) is 40.8 Å². The van der Waals surface area contributed by atoms with E-state index in [-0.39, 0.29) is 23.2 Å². The maximum absolute atomic E-state index is 14.1. The molecule has 154 valence electrons. The second-order valence-corrected chi connectivity index (χ2v) is 7.91. The topological polar surface area (TPSA) is 75.0 Å². The summed E-state index contributed by atoms with van der Waals surface area (Å²) < 4.78 is 47.0. The number of alkyl halides is 3. The lowest BCUT2D eigenvalue weighted by molar-refractivity contribution is -0.269. The van der Waals surface area contributed by atoms with E-state index in [0.29, 0.717) is 23.6 Å². The molecule has 2 aliphatic rings. The minimum Gasteiger partial charge on any atom is -0.464 e. The Hall–Kier alpha value is -2.46. The normalized spacial score (nSPS) is 26.8. The van der Waals surface area contributed by atoms with Gasteiger partial charge in [0.2, 0.25) is 5.13 Å². The number of anilines is 1. The molecule has 0 saturated heterocycles. The van der Waals surface area contributed by atoms with E-state index in [1.807, 2.05) is 30.3 Å². The van der Waals surface area contributed by atoms with Gasteiger partial charge >= 0.3 is 12.1 Å². The number of carbonyl (C=O) groups excluding carboxylic acids is 1. The number of benzene rings is 1. The van der Waals surface area contributed by atoms with Gasteiger partial charge in [0, 0.05) is 11.1 Å². The number of ether oxygens (including phenoxy) is 1. The zero-order valence-electron chi connectivity index (χ0n) is 15.4. The Balaban J connectivity index is 1.70. The Labute approximate surface area is 168 Å². The van der Waals surface area contributed by atoms with E-state index in [1.165, 1.54) is 5.38 Å². The summed E-state index contributed by atoms with van der Waals surface area (Å²) in [5.41, 5.74) is -2.11. The molecule has 1 N–H and O–H groups in total. The largest absolute Gasteiger partial charge is 0.464 e. The predicted molar refractivity (Wildman–Crippen MR) is 101 cm³/mol. The summed E-state index contributed by atoms with van der Waals surface area (Å²) in [6, 6.07) is 9.31. The van der Waals surface area contributed by atoms with Gasteiger partial charge < -0.3 is 9.84 Å². The smallest absolute Gasteiger partial charge is 0.439 e. The number of carbonyl (C=O) groups is 1. The van der Waals surface area contributed by atoms with Crippen LogP contribution in [0.2, 0.25) is 0 Å². The van der Waals surface area contributed by atoms with Crippen molar-refractivity contribution in [3.63, 3.8) is 0 Å². The Morgan fingerprint density at radius 3 is 2.72 bits per heavy atom. The third-order valence-corrected chi connectivity index (χ3v) is 6.28. The van der Waals surface area contributed by atoms with E-state index < -0.39 is 23.8 Å². The van der Waals surface area contributed by atoms with E-state index in [9.17, 15) is 23.1 Å². The SMILES string of the molecule is COC(=O)c1csc(N2N=C3CC[C@@H](c4ccccc4)C[C@@H]3[C@]2(O)C(F)(F)F)n1. The third kappa shape index (κ3) is 3.20. The summed E-state index contributed by atoms with van der Waals surface area (Å²) >= 11 is 0.798. The Morgan fingerprint density at radius 2 is 2.07 bits per heavy atom. The van der Waals surface area contributed by atoms with Gasteiger partial charge in [-0.15, -0.1) is 11.3 Å². The monoisotopic (exact) mass is 425 g/mol. The molecule has 2 heterocycles. The van der Waals surface area contributed by atoms with Crippen LogP contribution in [0.4, 0.5) is 18.3 Å². The fourth-order valence-electron chi connectivity index (χ4n) is 4.00. The highest BCUT2D eigenvalue weighted by Crippen LogP contribution is 2.52. The molecule has 0 amide bonds. The minimum absolute atomic E-state index is 0.115. The first-order chi connectivity index (χ1) is 13.8. The molecule has 1 aromatic carbocycles. The van der Waals surface area contributed by atoms with E-state index in [0.717, 1.165) is 24.0 Å². The van der Waals surface area contributed by atoms with E-state index >= 15 is 0 Å². The van der Waals surface area contributed by atoms with Crippen molar-refractivity contribution in [3.8, 4) is 0 Å². The molecule has 29 heavy (non-hydrogen) atoms. The number of fused-ring (bicyclic) bond motifs is 1. The number of thiazole rings is 1.